The number of rotatable bonds is 6. The van der Waals surface area contributed by atoms with E-state index in [9.17, 15) is 4.79 Å². The molecule has 3 rings (SSSR count). The van der Waals surface area contributed by atoms with E-state index in [-0.39, 0.29) is 5.91 Å². The maximum Gasteiger partial charge on any atom is 0.220 e. The van der Waals surface area contributed by atoms with E-state index in [2.05, 4.69) is 20.4 Å². The Balaban J connectivity index is 1.50. The highest BCUT2D eigenvalue weighted by molar-refractivity contribution is 5.76. The van der Waals surface area contributed by atoms with Gasteiger partial charge < -0.3 is 5.32 Å². The van der Waals surface area contributed by atoms with E-state index in [1.807, 2.05) is 48.5 Å². The van der Waals surface area contributed by atoms with E-state index in [0.29, 0.717) is 19.4 Å². The highest BCUT2D eigenvalue weighted by atomic mass is 16.1. The van der Waals surface area contributed by atoms with Crippen LogP contribution in [0.4, 0.5) is 0 Å². The van der Waals surface area contributed by atoms with E-state index in [0.717, 1.165) is 28.3 Å². The van der Waals surface area contributed by atoms with Crippen LogP contribution in [0.2, 0.25) is 0 Å². The van der Waals surface area contributed by atoms with E-state index < -0.39 is 0 Å². The Hall–Kier alpha value is -2.96. The number of aromatic nitrogens is 5. The molecule has 0 aliphatic heterocycles. The van der Waals surface area contributed by atoms with Gasteiger partial charge in [0.2, 0.25) is 5.91 Å². The largest absolute Gasteiger partial charge is 0.352 e. The zero-order valence-electron chi connectivity index (χ0n) is 14.7. The first kappa shape index (κ1) is 16.9. The summed E-state index contributed by atoms with van der Waals surface area (Å²) in [6.07, 6.45) is 8.17. The van der Waals surface area contributed by atoms with Crippen LogP contribution in [0.5, 0.6) is 0 Å². The summed E-state index contributed by atoms with van der Waals surface area (Å²) in [6, 6.07) is 3.86. The number of nitrogens with zero attached hydrogens (tertiary/aromatic N) is 5. The van der Waals surface area contributed by atoms with Crippen LogP contribution in [0.3, 0.4) is 0 Å². The van der Waals surface area contributed by atoms with Crippen molar-refractivity contribution < 1.29 is 4.79 Å². The van der Waals surface area contributed by atoms with Crippen molar-refractivity contribution in [1.29, 1.82) is 0 Å². The third kappa shape index (κ3) is 3.93. The Labute approximate surface area is 146 Å². The van der Waals surface area contributed by atoms with Gasteiger partial charge in [0.1, 0.15) is 12.1 Å². The number of aryl methyl sites for hydroxylation is 2. The van der Waals surface area contributed by atoms with E-state index in [4.69, 9.17) is 0 Å². The van der Waals surface area contributed by atoms with Gasteiger partial charge in [-0.2, -0.15) is 5.10 Å². The van der Waals surface area contributed by atoms with Crippen LogP contribution in [-0.4, -0.2) is 30.2 Å². The molecule has 0 aromatic carbocycles. The summed E-state index contributed by atoms with van der Waals surface area (Å²) in [5.74, 6) is 0.830. The summed E-state index contributed by atoms with van der Waals surface area (Å²) in [7, 11) is 1.92. The molecule has 3 heterocycles. The van der Waals surface area contributed by atoms with Crippen LogP contribution in [0.1, 0.15) is 28.9 Å². The topological polar surface area (TPSA) is 77.6 Å². The van der Waals surface area contributed by atoms with Crippen LogP contribution >= 0.6 is 0 Å². The molecule has 0 saturated carbocycles. The van der Waals surface area contributed by atoms with Crippen molar-refractivity contribution >= 4 is 5.91 Å². The molecule has 0 spiro atoms. The van der Waals surface area contributed by atoms with Gasteiger partial charge in [0.25, 0.3) is 0 Å². The molecule has 25 heavy (non-hydrogen) atoms. The molecule has 0 atom stereocenters. The maximum absolute atomic E-state index is 12.1. The number of carbonyl (C=O) groups excluding carboxylic acids is 1. The SMILES string of the molecule is Cc1nn(C)c(C)c1CCC(=O)NCc1ccc(-n2ccnc2)nc1. The number of hydrogen-bond donors (Lipinski definition) is 1. The number of pyridine rings is 1. The van der Waals surface area contributed by atoms with Gasteiger partial charge >= 0.3 is 0 Å². The molecule has 7 nitrogen and oxygen atoms in total. The lowest BCUT2D eigenvalue weighted by Gasteiger charge is -2.07. The monoisotopic (exact) mass is 338 g/mol. The molecular formula is C18H22N6O. The number of carbonyl (C=O) groups is 1. The summed E-state index contributed by atoms with van der Waals surface area (Å²) >= 11 is 0. The van der Waals surface area contributed by atoms with Crippen molar-refractivity contribution in [3.63, 3.8) is 0 Å². The Morgan fingerprint density at radius 3 is 2.72 bits per heavy atom. The summed E-state index contributed by atoms with van der Waals surface area (Å²) < 4.78 is 3.69. The second kappa shape index (κ2) is 7.29. The molecule has 3 aromatic rings. The normalized spacial score (nSPS) is 10.8. The number of nitrogens with one attached hydrogen (secondary N) is 1. The third-order valence-corrected chi connectivity index (χ3v) is 4.33. The van der Waals surface area contributed by atoms with Crippen LogP contribution in [-0.2, 0) is 24.8 Å². The minimum Gasteiger partial charge on any atom is -0.352 e. The average Bonchev–Trinajstić information content (AvgIpc) is 3.22. The lowest BCUT2D eigenvalue weighted by molar-refractivity contribution is -0.121. The Morgan fingerprint density at radius 2 is 2.12 bits per heavy atom. The first-order chi connectivity index (χ1) is 12.0. The molecular weight excluding hydrogens is 316 g/mol. The molecule has 0 saturated heterocycles. The Bertz CT molecular complexity index is 849. The van der Waals surface area contributed by atoms with Gasteiger partial charge in [-0.25, -0.2) is 9.97 Å². The minimum atomic E-state index is 0.0290. The lowest BCUT2D eigenvalue weighted by Crippen LogP contribution is -2.23. The molecule has 130 valence electrons. The lowest BCUT2D eigenvalue weighted by atomic mass is 10.1. The average molecular weight is 338 g/mol. The molecule has 7 heteroatoms. The standard InChI is InChI=1S/C18H22N6O/c1-13-16(14(2)23(3)22-13)5-7-18(25)21-11-15-4-6-17(20-10-15)24-9-8-19-12-24/h4,6,8-10,12H,5,7,11H2,1-3H3,(H,21,25). The summed E-state index contributed by atoms with van der Waals surface area (Å²) in [6.45, 7) is 4.48. The smallest absolute Gasteiger partial charge is 0.220 e. The highest BCUT2D eigenvalue weighted by Gasteiger charge is 2.11. The van der Waals surface area contributed by atoms with E-state index in [1.165, 1.54) is 0 Å². The fraction of sp³-hybridized carbons (Fsp3) is 0.333. The second-order valence-electron chi connectivity index (χ2n) is 6.04. The van der Waals surface area contributed by atoms with Crippen LogP contribution in [0, 0.1) is 13.8 Å². The van der Waals surface area contributed by atoms with Crippen molar-refractivity contribution in [2.75, 3.05) is 0 Å². The van der Waals surface area contributed by atoms with Gasteiger partial charge in [-0.15, -0.1) is 0 Å². The summed E-state index contributed by atoms with van der Waals surface area (Å²) in [5, 5.41) is 7.33. The molecule has 0 radical (unpaired) electrons. The molecule has 0 bridgehead atoms. The number of amides is 1. The number of imidazole rings is 1. The minimum absolute atomic E-state index is 0.0290. The zero-order valence-corrected chi connectivity index (χ0v) is 14.7. The molecule has 0 aliphatic carbocycles. The van der Waals surface area contributed by atoms with Gasteiger partial charge in [0, 0.05) is 44.3 Å². The van der Waals surface area contributed by atoms with Gasteiger partial charge in [-0.3, -0.25) is 14.0 Å². The molecule has 3 aromatic heterocycles. The molecule has 0 fully saturated rings. The Kier molecular flexibility index (Phi) is 4.92. The van der Waals surface area contributed by atoms with Gasteiger partial charge in [0.05, 0.1) is 5.69 Å². The van der Waals surface area contributed by atoms with Gasteiger partial charge in [0.15, 0.2) is 0 Å². The van der Waals surface area contributed by atoms with Crippen molar-refractivity contribution in [1.82, 2.24) is 29.6 Å². The number of hydrogen-bond acceptors (Lipinski definition) is 4. The summed E-state index contributed by atoms with van der Waals surface area (Å²) in [5.41, 5.74) is 4.23. The first-order valence-corrected chi connectivity index (χ1v) is 8.23. The maximum atomic E-state index is 12.1. The highest BCUT2D eigenvalue weighted by Crippen LogP contribution is 2.14. The Morgan fingerprint density at radius 1 is 1.28 bits per heavy atom. The fourth-order valence-corrected chi connectivity index (χ4v) is 2.78. The molecule has 1 amide bonds. The van der Waals surface area contributed by atoms with Crippen molar-refractivity contribution in [2.45, 2.75) is 33.2 Å². The third-order valence-electron chi connectivity index (χ3n) is 4.33. The van der Waals surface area contributed by atoms with Gasteiger partial charge in [-0.1, -0.05) is 6.07 Å². The first-order valence-electron chi connectivity index (χ1n) is 8.23. The van der Waals surface area contributed by atoms with E-state index in [1.54, 1.807) is 18.7 Å². The van der Waals surface area contributed by atoms with Crippen LogP contribution in [0.15, 0.2) is 37.1 Å². The summed E-state index contributed by atoms with van der Waals surface area (Å²) in [4.78, 5) is 20.5. The van der Waals surface area contributed by atoms with Crippen LogP contribution < -0.4 is 5.32 Å². The van der Waals surface area contributed by atoms with Gasteiger partial charge in [-0.05, 0) is 37.5 Å². The fourth-order valence-electron chi connectivity index (χ4n) is 2.78. The second-order valence-corrected chi connectivity index (χ2v) is 6.04. The van der Waals surface area contributed by atoms with Crippen molar-refractivity contribution in [3.05, 3.63) is 59.6 Å². The molecule has 0 unspecified atom stereocenters. The quantitative estimate of drug-likeness (QED) is 0.744. The predicted octanol–water partition coefficient (Wildman–Crippen LogP) is 1.87. The molecule has 0 aliphatic rings. The van der Waals surface area contributed by atoms with Crippen molar-refractivity contribution in [2.24, 2.45) is 7.05 Å². The van der Waals surface area contributed by atoms with Crippen molar-refractivity contribution in [3.8, 4) is 5.82 Å². The van der Waals surface area contributed by atoms with E-state index >= 15 is 0 Å². The van der Waals surface area contributed by atoms with Crippen LogP contribution in [0.25, 0.3) is 5.82 Å². The molecule has 1 N–H and O–H groups in total. The zero-order chi connectivity index (χ0) is 17.8. The predicted molar refractivity (Wildman–Crippen MR) is 94.2 cm³/mol.